The zero-order valence-corrected chi connectivity index (χ0v) is 16.8. The summed E-state index contributed by atoms with van der Waals surface area (Å²) in [5, 5.41) is 25.5. The van der Waals surface area contributed by atoms with Crippen LogP contribution in [0.1, 0.15) is 38.2 Å². The fraction of sp³-hybridized carbons (Fsp3) is 0.350. The maximum absolute atomic E-state index is 11.9. The van der Waals surface area contributed by atoms with Gasteiger partial charge in [0.2, 0.25) is 17.5 Å². The predicted molar refractivity (Wildman–Crippen MR) is 109 cm³/mol. The molecular formula is C20H22N4O7. The van der Waals surface area contributed by atoms with Gasteiger partial charge in [-0.25, -0.2) is 4.79 Å². The van der Waals surface area contributed by atoms with Gasteiger partial charge in [0.25, 0.3) is 5.69 Å². The number of nitro benzene ring substituents is 1. The molecule has 1 aromatic carbocycles. The van der Waals surface area contributed by atoms with Gasteiger partial charge < -0.3 is 0 Å². The Balaban J connectivity index is 1.72. The standard InChI is InChI=1S/C20H22N4O7/c1-13-12-17(24(30)31)9-5-15(13)6-11-19(26)22-20(27)21-18(25)10-4-14-2-7-16(8-3-14)23(28)29/h2-3,5,7-9,13H,4,6,10-12H2,1H3,(H2,21,22,25,26,27). The van der Waals surface area contributed by atoms with E-state index >= 15 is 0 Å². The average Bonchev–Trinajstić information content (AvgIpc) is 2.71. The van der Waals surface area contributed by atoms with Crippen LogP contribution >= 0.6 is 0 Å². The van der Waals surface area contributed by atoms with Crippen LogP contribution in [0.4, 0.5) is 10.5 Å². The number of nitrogens with one attached hydrogen (secondary N) is 2. The lowest BCUT2D eigenvalue weighted by Gasteiger charge is -2.17. The number of hydrogen-bond donors (Lipinski definition) is 2. The third-order valence-electron chi connectivity index (χ3n) is 4.81. The maximum atomic E-state index is 11.9. The molecule has 0 saturated heterocycles. The Labute approximate surface area is 177 Å². The minimum absolute atomic E-state index is 0.00220. The number of urea groups is 1. The Morgan fingerprint density at radius 1 is 0.935 bits per heavy atom. The van der Waals surface area contributed by atoms with Crippen LogP contribution in [-0.2, 0) is 16.0 Å². The Hall–Kier alpha value is -3.89. The van der Waals surface area contributed by atoms with Crippen LogP contribution < -0.4 is 10.6 Å². The molecule has 0 aromatic heterocycles. The van der Waals surface area contributed by atoms with E-state index < -0.39 is 27.7 Å². The molecule has 4 amide bonds. The molecule has 0 saturated carbocycles. The van der Waals surface area contributed by atoms with Crippen molar-refractivity contribution in [3.63, 3.8) is 0 Å². The van der Waals surface area contributed by atoms with Crippen molar-refractivity contribution in [2.45, 2.75) is 39.0 Å². The fourth-order valence-corrected chi connectivity index (χ4v) is 3.06. The highest BCUT2D eigenvalue weighted by molar-refractivity contribution is 6.02. The minimum Gasteiger partial charge on any atom is -0.278 e. The number of benzene rings is 1. The van der Waals surface area contributed by atoms with E-state index in [2.05, 4.69) is 10.6 Å². The second-order valence-corrected chi connectivity index (χ2v) is 7.11. The van der Waals surface area contributed by atoms with Crippen molar-refractivity contribution in [2.24, 2.45) is 5.92 Å². The first-order valence-corrected chi connectivity index (χ1v) is 9.56. The first kappa shape index (κ1) is 23.4. The number of non-ortho nitro benzene ring substituents is 1. The average molecular weight is 430 g/mol. The Bertz CT molecular complexity index is 951. The summed E-state index contributed by atoms with van der Waals surface area (Å²) in [6.07, 6.45) is 3.92. The normalized spacial score (nSPS) is 15.3. The largest absolute Gasteiger partial charge is 0.328 e. The number of nitro groups is 2. The summed E-state index contributed by atoms with van der Waals surface area (Å²) in [6.45, 7) is 1.83. The van der Waals surface area contributed by atoms with Gasteiger partial charge in [-0.1, -0.05) is 30.7 Å². The van der Waals surface area contributed by atoms with Crippen LogP contribution in [0, 0.1) is 26.1 Å². The molecule has 1 unspecified atom stereocenters. The van der Waals surface area contributed by atoms with Crippen LogP contribution in [0.3, 0.4) is 0 Å². The summed E-state index contributed by atoms with van der Waals surface area (Å²) < 4.78 is 0. The van der Waals surface area contributed by atoms with E-state index in [0.717, 1.165) is 5.57 Å². The number of imide groups is 2. The molecule has 31 heavy (non-hydrogen) atoms. The predicted octanol–water partition coefficient (Wildman–Crippen LogP) is 2.79. The van der Waals surface area contributed by atoms with Crippen molar-refractivity contribution >= 4 is 23.5 Å². The second kappa shape index (κ2) is 10.8. The first-order chi connectivity index (χ1) is 14.7. The molecule has 0 spiro atoms. The minimum atomic E-state index is -0.931. The molecular weight excluding hydrogens is 408 g/mol. The zero-order chi connectivity index (χ0) is 23.0. The van der Waals surface area contributed by atoms with Gasteiger partial charge in [0, 0.05) is 37.5 Å². The number of hydrogen-bond acceptors (Lipinski definition) is 7. The SMILES string of the molecule is CC1CC([N+](=O)[O-])=CC=C1CCC(=O)NC(=O)NC(=O)CCc1ccc([N+](=O)[O-])cc1. The van der Waals surface area contributed by atoms with E-state index in [4.69, 9.17) is 0 Å². The molecule has 1 aliphatic rings. The summed E-state index contributed by atoms with van der Waals surface area (Å²) in [6, 6.07) is 4.78. The van der Waals surface area contributed by atoms with E-state index in [0.29, 0.717) is 12.0 Å². The van der Waals surface area contributed by atoms with Crippen molar-refractivity contribution < 1.29 is 24.2 Å². The lowest BCUT2D eigenvalue weighted by molar-refractivity contribution is -0.428. The first-order valence-electron chi connectivity index (χ1n) is 9.56. The van der Waals surface area contributed by atoms with Gasteiger partial charge in [0.05, 0.1) is 9.85 Å². The highest BCUT2D eigenvalue weighted by Crippen LogP contribution is 2.28. The molecule has 0 fully saturated rings. The Morgan fingerprint density at radius 2 is 1.52 bits per heavy atom. The molecule has 1 aromatic rings. The summed E-state index contributed by atoms with van der Waals surface area (Å²) in [4.78, 5) is 56.0. The summed E-state index contributed by atoms with van der Waals surface area (Å²) in [5.74, 6) is -1.24. The van der Waals surface area contributed by atoms with Gasteiger partial charge in [0.1, 0.15) is 0 Å². The number of nitrogens with zero attached hydrogens (tertiary/aromatic N) is 2. The Morgan fingerprint density at radius 3 is 2.03 bits per heavy atom. The number of allylic oxidation sites excluding steroid dienone is 4. The number of carbonyl (C=O) groups excluding carboxylic acids is 3. The lowest BCUT2D eigenvalue weighted by Crippen LogP contribution is -2.42. The number of carbonyl (C=O) groups is 3. The van der Waals surface area contributed by atoms with Crippen LogP contribution in [0.25, 0.3) is 0 Å². The van der Waals surface area contributed by atoms with Gasteiger partial charge >= 0.3 is 6.03 Å². The van der Waals surface area contributed by atoms with Gasteiger partial charge in [0.15, 0.2) is 0 Å². The molecule has 0 bridgehead atoms. The number of aryl methyl sites for hydroxylation is 1. The molecule has 164 valence electrons. The molecule has 1 aliphatic carbocycles. The van der Waals surface area contributed by atoms with Gasteiger partial charge in [-0.05, 0) is 24.3 Å². The van der Waals surface area contributed by atoms with E-state index in [9.17, 15) is 34.6 Å². The summed E-state index contributed by atoms with van der Waals surface area (Å²) in [7, 11) is 0. The zero-order valence-electron chi connectivity index (χ0n) is 16.8. The molecule has 2 rings (SSSR count). The van der Waals surface area contributed by atoms with Gasteiger partial charge in [-0.2, -0.15) is 0 Å². The fourth-order valence-electron chi connectivity index (χ4n) is 3.06. The van der Waals surface area contributed by atoms with Crippen molar-refractivity contribution in [2.75, 3.05) is 0 Å². The van der Waals surface area contributed by atoms with Crippen molar-refractivity contribution in [3.05, 3.63) is 73.5 Å². The monoisotopic (exact) mass is 430 g/mol. The topological polar surface area (TPSA) is 162 Å². The maximum Gasteiger partial charge on any atom is 0.328 e. The van der Waals surface area contributed by atoms with Crippen LogP contribution in [0.15, 0.2) is 47.7 Å². The molecule has 0 heterocycles. The van der Waals surface area contributed by atoms with Gasteiger partial charge in [-0.3, -0.25) is 40.5 Å². The highest BCUT2D eigenvalue weighted by atomic mass is 16.6. The second-order valence-electron chi connectivity index (χ2n) is 7.11. The summed E-state index contributed by atoms with van der Waals surface area (Å²) >= 11 is 0. The molecule has 0 aliphatic heterocycles. The molecule has 1 atom stereocenters. The van der Waals surface area contributed by atoms with Crippen molar-refractivity contribution in [3.8, 4) is 0 Å². The Kier molecular flexibility index (Phi) is 8.12. The van der Waals surface area contributed by atoms with E-state index in [1.807, 2.05) is 6.92 Å². The molecule has 0 radical (unpaired) electrons. The van der Waals surface area contributed by atoms with Crippen LogP contribution in [0.2, 0.25) is 0 Å². The highest BCUT2D eigenvalue weighted by Gasteiger charge is 2.22. The third-order valence-corrected chi connectivity index (χ3v) is 4.81. The van der Waals surface area contributed by atoms with E-state index in [1.54, 1.807) is 6.08 Å². The van der Waals surface area contributed by atoms with E-state index in [1.165, 1.54) is 30.3 Å². The molecule has 11 heteroatoms. The third kappa shape index (κ3) is 7.46. The number of rotatable bonds is 8. The van der Waals surface area contributed by atoms with Crippen molar-refractivity contribution in [1.29, 1.82) is 0 Å². The van der Waals surface area contributed by atoms with Crippen LogP contribution in [0.5, 0.6) is 0 Å². The molecule has 11 nitrogen and oxygen atoms in total. The lowest BCUT2D eigenvalue weighted by atomic mass is 9.88. The summed E-state index contributed by atoms with van der Waals surface area (Å²) in [5.41, 5.74) is 1.63. The van der Waals surface area contributed by atoms with Crippen LogP contribution in [-0.4, -0.2) is 27.7 Å². The molecule has 2 N–H and O–H groups in total. The van der Waals surface area contributed by atoms with Gasteiger partial charge in [-0.15, -0.1) is 0 Å². The van der Waals surface area contributed by atoms with E-state index in [-0.39, 0.29) is 43.0 Å². The van der Waals surface area contributed by atoms with Crippen molar-refractivity contribution in [1.82, 2.24) is 10.6 Å². The smallest absolute Gasteiger partial charge is 0.278 e. The quantitative estimate of drug-likeness (QED) is 0.473. The number of amides is 4.